The van der Waals surface area contributed by atoms with Gasteiger partial charge in [0.15, 0.2) is 11.5 Å². The molecule has 2 N–H and O–H groups in total. The molecule has 108 valence electrons. The molecule has 1 unspecified atom stereocenters. The number of methoxy groups -OCH3 is 1. The van der Waals surface area contributed by atoms with Gasteiger partial charge in [-0.2, -0.15) is 0 Å². The number of nitrogens with zero attached hydrogens (tertiary/aromatic N) is 1. The Labute approximate surface area is 122 Å². The Morgan fingerprint density at radius 2 is 2.05 bits per heavy atom. The molecule has 0 amide bonds. The molecule has 0 bridgehead atoms. The molecule has 21 heavy (non-hydrogen) atoms. The van der Waals surface area contributed by atoms with Gasteiger partial charge in [0.05, 0.1) is 13.7 Å². The number of fused-ring (bicyclic) bond motifs is 1. The zero-order valence-corrected chi connectivity index (χ0v) is 11.5. The number of hydrogen-bond donors (Lipinski definition) is 2. The fourth-order valence-corrected chi connectivity index (χ4v) is 2.52. The number of ether oxygens (including phenoxy) is 2. The highest BCUT2D eigenvalue weighted by atomic mass is 16.5. The standard InChI is InChI=1S/C16H15NO4/c1-20-14-7-6-10(8-13(14)18)16-15(17-19)12-5-3-2-4-11(12)9-21-16/h2-8,16,18-19H,9H2,1H3. The lowest BCUT2D eigenvalue weighted by atomic mass is 9.93. The predicted octanol–water partition coefficient (Wildman–Crippen LogP) is 2.85. The van der Waals surface area contributed by atoms with Crippen LogP contribution in [0.5, 0.6) is 11.5 Å². The number of aromatic hydroxyl groups is 1. The van der Waals surface area contributed by atoms with Crippen molar-refractivity contribution in [2.24, 2.45) is 5.16 Å². The summed E-state index contributed by atoms with van der Waals surface area (Å²) in [6.45, 7) is 0.423. The first-order valence-electron chi connectivity index (χ1n) is 6.53. The fourth-order valence-electron chi connectivity index (χ4n) is 2.52. The summed E-state index contributed by atoms with van der Waals surface area (Å²) >= 11 is 0. The quantitative estimate of drug-likeness (QED) is 0.657. The lowest BCUT2D eigenvalue weighted by Crippen LogP contribution is -2.24. The van der Waals surface area contributed by atoms with Gasteiger partial charge in [-0.25, -0.2) is 0 Å². The Hall–Kier alpha value is -2.53. The van der Waals surface area contributed by atoms with Crippen LogP contribution in [0.3, 0.4) is 0 Å². The Bertz CT molecular complexity index is 696. The maximum Gasteiger partial charge on any atom is 0.160 e. The van der Waals surface area contributed by atoms with E-state index in [2.05, 4.69) is 5.16 Å². The van der Waals surface area contributed by atoms with Crippen LogP contribution in [0, 0.1) is 0 Å². The molecule has 1 heterocycles. The highest BCUT2D eigenvalue weighted by Crippen LogP contribution is 2.35. The summed E-state index contributed by atoms with van der Waals surface area (Å²) in [4.78, 5) is 0. The molecule has 5 nitrogen and oxygen atoms in total. The van der Waals surface area contributed by atoms with Crippen LogP contribution in [0.25, 0.3) is 0 Å². The first kappa shape index (κ1) is 13.5. The van der Waals surface area contributed by atoms with Gasteiger partial charge in [-0.15, -0.1) is 0 Å². The first-order valence-corrected chi connectivity index (χ1v) is 6.53. The third-order valence-corrected chi connectivity index (χ3v) is 3.56. The van der Waals surface area contributed by atoms with E-state index in [1.165, 1.54) is 7.11 Å². The van der Waals surface area contributed by atoms with E-state index in [1.54, 1.807) is 18.2 Å². The SMILES string of the molecule is COc1ccc(C2OCc3ccccc3C2=NO)cc1O. The summed E-state index contributed by atoms with van der Waals surface area (Å²) < 4.78 is 10.8. The number of benzene rings is 2. The van der Waals surface area contributed by atoms with Crippen molar-refractivity contribution in [1.29, 1.82) is 0 Å². The molecule has 2 aromatic rings. The Morgan fingerprint density at radius 3 is 2.76 bits per heavy atom. The molecule has 1 aliphatic heterocycles. The first-order chi connectivity index (χ1) is 10.2. The van der Waals surface area contributed by atoms with Crippen LogP contribution in [0.15, 0.2) is 47.6 Å². The van der Waals surface area contributed by atoms with Gasteiger partial charge in [0, 0.05) is 5.56 Å². The third kappa shape index (κ3) is 2.32. The molecule has 0 saturated carbocycles. The average Bonchev–Trinajstić information content (AvgIpc) is 2.53. The Kier molecular flexibility index (Phi) is 3.50. The van der Waals surface area contributed by atoms with Crippen molar-refractivity contribution in [3.63, 3.8) is 0 Å². The van der Waals surface area contributed by atoms with E-state index < -0.39 is 6.10 Å². The normalized spacial score (nSPS) is 19.3. The van der Waals surface area contributed by atoms with Crippen LogP contribution < -0.4 is 4.74 Å². The van der Waals surface area contributed by atoms with Crippen LogP contribution >= 0.6 is 0 Å². The average molecular weight is 285 g/mol. The van der Waals surface area contributed by atoms with E-state index in [0.717, 1.165) is 11.1 Å². The summed E-state index contributed by atoms with van der Waals surface area (Å²) in [7, 11) is 1.49. The van der Waals surface area contributed by atoms with Gasteiger partial charge in [0.2, 0.25) is 0 Å². The van der Waals surface area contributed by atoms with Gasteiger partial charge in [0.25, 0.3) is 0 Å². The summed E-state index contributed by atoms with van der Waals surface area (Å²) in [6.07, 6.45) is -0.526. The van der Waals surface area contributed by atoms with Gasteiger partial charge in [-0.05, 0) is 23.3 Å². The second kappa shape index (κ2) is 5.46. The molecular weight excluding hydrogens is 270 g/mol. The minimum Gasteiger partial charge on any atom is -0.504 e. The molecule has 0 fully saturated rings. The highest BCUT2D eigenvalue weighted by Gasteiger charge is 2.28. The van der Waals surface area contributed by atoms with Crippen molar-refractivity contribution >= 4 is 5.71 Å². The molecular formula is C16H15NO4. The third-order valence-electron chi connectivity index (χ3n) is 3.56. The zero-order valence-electron chi connectivity index (χ0n) is 11.5. The summed E-state index contributed by atoms with van der Waals surface area (Å²) in [5, 5.41) is 22.7. The van der Waals surface area contributed by atoms with E-state index in [4.69, 9.17) is 9.47 Å². The highest BCUT2D eigenvalue weighted by molar-refractivity contribution is 6.05. The number of oxime groups is 1. The number of hydrogen-bond acceptors (Lipinski definition) is 5. The molecule has 0 aliphatic carbocycles. The maximum atomic E-state index is 9.89. The van der Waals surface area contributed by atoms with Crippen LogP contribution in [0.4, 0.5) is 0 Å². The van der Waals surface area contributed by atoms with Gasteiger partial charge >= 0.3 is 0 Å². The monoisotopic (exact) mass is 285 g/mol. The van der Waals surface area contributed by atoms with E-state index in [1.807, 2.05) is 24.3 Å². The molecule has 0 spiro atoms. The topological polar surface area (TPSA) is 71.3 Å². The Balaban J connectivity index is 2.02. The van der Waals surface area contributed by atoms with Gasteiger partial charge in [0.1, 0.15) is 11.8 Å². The predicted molar refractivity (Wildman–Crippen MR) is 77.0 cm³/mol. The van der Waals surface area contributed by atoms with E-state index in [-0.39, 0.29) is 5.75 Å². The largest absolute Gasteiger partial charge is 0.504 e. The van der Waals surface area contributed by atoms with Crippen molar-refractivity contribution in [2.45, 2.75) is 12.7 Å². The summed E-state index contributed by atoms with van der Waals surface area (Å²) in [5.74, 6) is 0.409. The van der Waals surface area contributed by atoms with Crippen molar-refractivity contribution < 1.29 is 19.8 Å². The number of phenolic OH excluding ortho intramolecular Hbond substituents is 1. The molecule has 0 radical (unpaired) electrons. The maximum absolute atomic E-state index is 9.89. The summed E-state index contributed by atoms with van der Waals surface area (Å²) in [6, 6.07) is 12.6. The molecule has 2 aromatic carbocycles. The zero-order chi connectivity index (χ0) is 14.8. The van der Waals surface area contributed by atoms with Crippen LogP contribution in [0.1, 0.15) is 22.8 Å². The Morgan fingerprint density at radius 1 is 1.24 bits per heavy atom. The second-order valence-corrected chi connectivity index (χ2v) is 4.76. The summed E-state index contributed by atoms with van der Waals surface area (Å²) in [5.41, 5.74) is 2.96. The van der Waals surface area contributed by atoms with Crippen molar-refractivity contribution in [3.8, 4) is 11.5 Å². The van der Waals surface area contributed by atoms with E-state index in [9.17, 15) is 10.3 Å². The van der Waals surface area contributed by atoms with Crippen molar-refractivity contribution in [2.75, 3.05) is 7.11 Å². The minimum atomic E-state index is -0.526. The molecule has 1 atom stereocenters. The smallest absolute Gasteiger partial charge is 0.160 e. The van der Waals surface area contributed by atoms with Crippen molar-refractivity contribution in [3.05, 3.63) is 59.2 Å². The van der Waals surface area contributed by atoms with Gasteiger partial charge < -0.3 is 19.8 Å². The molecule has 0 saturated heterocycles. The van der Waals surface area contributed by atoms with Crippen LogP contribution in [-0.2, 0) is 11.3 Å². The van der Waals surface area contributed by atoms with E-state index >= 15 is 0 Å². The molecule has 3 rings (SSSR count). The van der Waals surface area contributed by atoms with Crippen LogP contribution in [0.2, 0.25) is 0 Å². The molecule has 5 heteroatoms. The lowest BCUT2D eigenvalue weighted by molar-refractivity contribution is 0.0757. The molecule has 1 aliphatic rings. The van der Waals surface area contributed by atoms with Gasteiger partial charge in [-0.1, -0.05) is 35.5 Å². The second-order valence-electron chi connectivity index (χ2n) is 4.76. The lowest BCUT2D eigenvalue weighted by Gasteiger charge is -2.26. The molecule has 0 aromatic heterocycles. The number of phenols is 1. The number of rotatable bonds is 2. The minimum absolute atomic E-state index is 0.0229. The van der Waals surface area contributed by atoms with Gasteiger partial charge in [-0.3, -0.25) is 0 Å². The van der Waals surface area contributed by atoms with Crippen molar-refractivity contribution in [1.82, 2.24) is 0 Å². The van der Waals surface area contributed by atoms with E-state index in [0.29, 0.717) is 23.6 Å². The fraction of sp³-hybridized carbons (Fsp3) is 0.188. The van der Waals surface area contributed by atoms with Crippen LogP contribution in [-0.4, -0.2) is 23.1 Å².